The molecule has 0 saturated carbocycles. The lowest BCUT2D eigenvalue weighted by Gasteiger charge is -2.33. The lowest BCUT2D eigenvalue weighted by Crippen LogP contribution is -2.20. The molecule has 0 heterocycles. The SMILES string of the molecule is C=C/C=C(\C=C(\c1cc(N(c2ccccc2)c2ccccc2)ccc1-c1ccc(N(c2ccccc2)c2ccccc2)cc1C)N(c1ccccc1)c1ccccc1)N(c1ccccc1)c1ccccc1. The lowest BCUT2D eigenvalue weighted by molar-refractivity contribution is 1.19. The number of aryl methyl sites for hydroxylation is 1. The van der Waals surface area contributed by atoms with Crippen LogP contribution in [0, 0.1) is 6.92 Å². The molecule has 0 aromatic heterocycles. The largest absolute Gasteiger partial charge is 0.310 e. The normalized spacial score (nSPS) is 11.4. The summed E-state index contributed by atoms with van der Waals surface area (Å²) in [5.41, 5.74) is 16.7. The topological polar surface area (TPSA) is 13.0 Å². The van der Waals surface area contributed by atoms with E-state index in [2.05, 4.69) is 324 Å². The molecule has 0 bridgehead atoms. The second-order valence-electron chi connectivity index (χ2n) is 17.1. The fourth-order valence-corrected chi connectivity index (χ4v) is 9.30. The predicted molar refractivity (Wildman–Crippen MR) is 302 cm³/mol. The molecule has 71 heavy (non-hydrogen) atoms. The highest BCUT2D eigenvalue weighted by molar-refractivity contribution is 5.97. The van der Waals surface area contributed by atoms with Gasteiger partial charge in [0.25, 0.3) is 0 Å². The fourth-order valence-electron chi connectivity index (χ4n) is 9.30. The first-order valence-electron chi connectivity index (χ1n) is 24.1. The van der Waals surface area contributed by atoms with E-state index in [1.807, 2.05) is 6.08 Å². The van der Waals surface area contributed by atoms with Crippen molar-refractivity contribution < 1.29 is 0 Å². The van der Waals surface area contributed by atoms with Gasteiger partial charge in [0.15, 0.2) is 0 Å². The first-order valence-corrected chi connectivity index (χ1v) is 24.1. The van der Waals surface area contributed by atoms with Crippen LogP contribution in [0.15, 0.2) is 310 Å². The van der Waals surface area contributed by atoms with Gasteiger partial charge in [-0.2, -0.15) is 0 Å². The Morgan fingerprint density at radius 1 is 0.324 bits per heavy atom. The Labute approximate surface area is 418 Å². The molecule has 10 rings (SSSR count). The molecule has 0 radical (unpaired) electrons. The van der Waals surface area contributed by atoms with Crippen molar-refractivity contribution in [2.75, 3.05) is 19.6 Å². The zero-order valence-electron chi connectivity index (χ0n) is 39.8. The third-order valence-corrected chi connectivity index (χ3v) is 12.5. The summed E-state index contributed by atoms with van der Waals surface area (Å²) in [5.74, 6) is 0. The average Bonchev–Trinajstić information content (AvgIpc) is 3.43. The number of benzene rings is 10. The highest BCUT2D eigenvalue weighted by Crippen LogP contribution is 2.46. The molecule has 0 fully saturated rings. The van der Waals surface area contributed by atoms with Gasteiger partial charge in [0.05, 0.1) is 5.70 Å². The summed E-state index contributed by atoms with van der Waals surface area (Å²) >= 11 is 0. The second kappa shape index (κ2) is 21.7. The second-order valence-corrected chi connectivity index (χ2v) is 17.1. The van der Waals surface area contributed by atoms with Gasteiger partial charge in [-0.05, 0) is 157 Å². The van der Waals surface area contributed by atoms with E-state index >= 15 is 0 Å². The molecule has 0 aliphatic rings. The Hall–Kier alpha value is -9.38. The van der Waals surface area contributed by atoms with E-state index in [4.69, 9.17) is 0 Å². The molecule has 4 heteroatoms. The number of anilines is 10. The van der Waals surface area contributed by atoms with Crippen molar-refractivity contribution in [3.05, 3.63) is 321 Å². The summed E-state index contributed by atoms with van der Waals surface area (Å²) in [6.45, 7) is 6.53. The quantitative estimate of drug-likeness (QED) is 0.0896. The van der Waals surface area contributed by atoms with Crippen LogP contribution in [0.5, 0.6) is 0 Å². The Morgan fingerprint density at radius 2 is 0.634 bits per heavy atom. The van der Waals surface area contributed by atoms with Crippen molar-refractivity contribution >= 4 is 62.6 Å². The maximum Gasteiger partial charge on any atom is 0.0561 e. The van der Waals surface area contributed by atoms with E-state index in [1.54, 1.807) is 0 Å². The molecule has 0 aliphatic heterocycles. The minimum absolute atomic E-state index is 0.928. The van der Waals surface area contributed by atoms with E-state index in [0.29, 0.717) is 0 Å². The van der Waals surface area contributed by atoms with E-state index < -0.39 is 0 Å². The standard InChI is InChI=1S/C67H54N4/c1-3-28-61(68(53-29-12-4-13-30-53)54-31-14-5-15-32-54)51-67(71(59-41-24-10-25-42-59)60-43-26-11-27-44-60)66-50-63(70(57-37-20-8-21-38-57)58-39-22-9-23-40-58)46-48-65(66)64-47-45-62(49-52(64)2)69(55-33-16-6-17-34-55)56-35-18-7-19-36-56/h3-51H,1H2,2H3/b61-28+,67-51-. The zero-order valence-corrected chi connectivity index (χ0v) is 39.8. The summed E-state index contributed by atoms with van der Waals surface area (Å²) in [4.78, 5) is 9.36. The van der Waals surface area contributed by atoms with E-state index in [9.17, 15) is 0 Å². The highest BCUT2D eigenvalue weighted by atomic mass is 15.2. The van der Waals surface area contributed by atoms with Gasteiger partial charge in [-0.25, -0.2) is 0 Å². The van der Waals surface area contributed by atoms with Gasteiger partial charge < -0.3 is 19.6 Å². The van der Waals surface area contributed by atoms with E-state index in [-0.39, 0.29) is 0 Å². The fraction of sp³-hybridized carbons (Fsp3) is 0.0149. The molecule has 342 valence electrons. The van der Waals surface area contributed by atoms with Gasteiger partial charge in [0.1, 0.15) is 0 Å². The van der Waals surface area contributed by atoms with Crippen LogP contribution < -0.4 is 19.6 Å². The highest BCUT2D eigenvalue weighted by Gasteiger charge is 2.26. The smallest absolute Gasteiger partial charge is 0.0561 e. The van der Waals surface area contributed by atoms with Crippen LogP contribution in [0.4, 0.5) is 56.9 Å². The number of hydrogen-bond donors (Lipinski definition) is 0. The summed E-state index contributed by atoms with van der Waals surface area (Å²) < 4.78 is 0. The zero-order chi connectivity index (χ0) is 48.2. The van der Waals surface area contributed by atoms with Gasteiger partial charge in [-0.15, -0.1) is 0 Å². The Kier molecular flexibility index (Phi) is 13.9. The monoisotopic (exact) mass is 914 g/mol. The van der Waals surface area contributed by atoms with Crippen molar-refractivity contribution in [1.29, 1.82) is 0 Å². The van der Waals surface area contributed by atoms with Gasteiger partial charge in [0.2, 0.25) is 0 Å². The van der Waals surface area contributed by atoms with Crippen molar-refractivity contribution in [2.24, 2.45) is 0 Å². The molecular weight excluding hydrogens is 861 g/mol. The van der Waals surface area contributed by atoms with Crippen molar-refractivity contribution in [3.63, 3.8) is 0 Å². The third kappa shape index (κ3) is 10.1. The van der Waals surface area contributed by atoms with Crippen LogP contribution in [-0.2, 0) is 0 Å². The van der Waals surface area contributed by atoms with Gasteiger partial charge in [-0.1, -0.05) is 170 Å². The third-order valence-electron chi connectivity index (χ3n) is 12.5. The number of para-hydroxylation sites is 8. The molecule has 0 atom stereocenters. The molecule has 0 aliphatic carbocycles. The van der Waals surface area contributed by atoms with Gasteiger partial charge in [0, 0.05) is 68.1 Å². The molecule has 10 aromatic carbocycles. The van der Waals surface area contributed by atoms with Crippen LogP contribution in [-0.4, -0.2) is 0 Å². The lowest BCUT2D eigenvalue weighted by atomic mass is 9.91. The average molecular weight is 915 g/mol. The van der Waals surface area contributed by atoms with Crippen LogP contribution in [0.1, 0.15) is 11.1 Å². The minimum atomic E-state index is 0.928. The summed E-state index contributed by atoms with van der Waals surface area (Å²) in [6, 6.07) is 98.7. The number of rotatable bonds is 16. The van der Waals surface area contributed by atoms with Crippen LogP contribution in [0.2, 0.25) is 0 Å². The summed E-state index contributed by atoms with van der Waals surface area (Å²) in [7, 11) is 0. The van der Waals surface area contributed by atoms with Crippen LogP contribution in [0.25, 0.3) is 16.8 Å². The van der Waals surface area contributed by atoms with Gasteiger partial charge in [-0.3, -0.25) is 0 Å². The Morgan fingerprint density at radius 3 is 0.972 bits per heavy atom. The molecule has 0 saturated heterocycles. The first kappa shape index (κ1) is 45.4. The summed E-state index contributed by atoms with van der Waals surface area (Å²) in [5, 5.41) is 0. The molecule has 4 nitrogen and oxygen atoms in total. The van der Waals surface area contributed by atoms with Crippen LogP contribution >= 0.6 is 0 Å². The molecule has 0 amide bonds. The molecule has 10 aromatic rings. The first-order chi connectivity index (χ1) is 35.1. The molecular formula is C67H54N4. The number of allylic oxidation sites excluding steroid dienone is 3. The van der Waals surface area contributed by atoms with Crippen molar-refractivity contribution in [1.82, 2.24) is 0 Å². The molecule has 0 unspecified atom stereocenters. The van der Waals surface area contributed by atoms with Gasteiger partial charge >= 0.3 is 0 Å². The number of nitrogens with zero attached hydrogens (tertiary/aromatic N) is 4. The van der Waals surface area contributed by atoms with E-state index in [1.165, 1.54) is 0 Å². The molecule has 0 N–H and O–H groups in total. The maximum atomic E-state index is 4.30. The maximum absolute atomic E-state index is 4.30. The van der Waals surface area contributed by atoms with E-state index in [0.717, 1.165) is 90.5 Å². The van der Waals surface area contributed by atoms with Crippen molar-refractivity contribution in [2.45, 2.75) is 6.92 Å². The Bertz CT molecular complexity index is 3200. The summed E-state index contributed by atoms with van der Waals surface area (Å²) in [6.07, 6.45) is 6.32. The Balaban J connectivity index is 1.28. The minimum Gasteiger partial charge on any atom is -0.310 e. The predicted octanol–water partition coefficient (Wildman–Crippen LogP) is 18.7. The van der Waals surface area contributed by atoms with Crippen LogP contribution in [0.3, 0.4) is 0 Å². The number of hydrogen-bond acceptors (Lipinski definition) is 4. The van der Waals surface area contributed by atoms with Crippen molar-refractivity contribution in [3.8, 4) is 11.1 Å². The molecule has 0 spiro atoms.